The van der Waals surface area contributed by atoms with Crippen LogP contribution in [0.15, 0.2) is 28.8 Å². The van der Waals surface area contributed by atoms with Crippen LogP contribution in [0.4, 0.5) is 0 Å². The Balaban J connectivity index is 1.99. The number of aryl methyl sites for hydroxylation is 1. The molecule has 0 bridgehead atoms. The number of oxazole rings is 1. The van der Waals surface area contributed by atoms with Gasteiger partial charge < -0.3 is 19.9 Å². The second-order valence-corrected chi connectivity index (χ2v) is 3.96. The maximum Gasteiger partial charge on any atom is 0.251 e. The fourth-order valence-corrected chi connectivity index (χ4v) is 1.52. The highest BCUT2D eigenvalue weighted by Gasteiger charge is 2.10. The van der Waals surface area contributed by atoms with Crippen LogP contribution in [0.1, 0.15) is 28.9 Å². The minimum Gasteiger partial charge on any atom is -0.504 e. The van der Waals surface area contributed by atoms with Crippen LogP contribution in [0, 0.1) is 0 Å². The summed E-state index contributed by atoms with van der Waals surface area (Å²) in [5.41, 5.74) is 0.248. The quantitative estimate of drug-likeness (QED) is 0.727. The summed E-state index contributed by atoms with van der Waals surface area (Å²) in [4.78, 5) is 15.8. The summed E-state index contributed by atoms with van der Waals surface area (Å²) in [5.74, 6) is 0.195. The van der Waals surface area contributed by atoms with Crippen molar-refractivity contribution >= 4 is 5.91 Å². The van der Waals surface area contributed by atoms with Crippen molar-refractivity contribution in [1.82, 2.24) is 10.3 Å². The van der Waals surface area contributed by atoms with Crippen molar-refractivity contribution < 1.29 is 19.4 Å². The number of aromatic nitrogens is 1. The molecule has 1 aromatic carbocycles. The fourth-order valence-electron chi connectivity index (χ4n) is 1.52. The van der Waals surface area contributed by atoms with E-state index in [0.29, 0.717) is 5.89 Å². The molecule has 100 valence electrons. The third kappa shape index (κ3) is 3.04. The number of hydrogen-bond donors (Lipinski definition) is 3. The van der Waals surface area contributed by atoms with Crippen molar-refractivity contribution in [3.05, 3.63) is 41.6 Å². The van der Waals surface area contributed by atoms with Crippen molar-refractivity contribution in [2.75, 3.05) is 0 Å². The number of carbonyl (C=O) groups is 1. The summed E-state index contributed by atoms with van der Waals surface area (Å²) in [6.07, 6.45) is 2.36. The zero-order valence-corrected chi connectivity index (χ0v) is 10.4. The first-order valence-electron chi connectivity index (χ1n) is 5.84. The number of phenolic OH excluding ortho intramolecular Hbond substituents is 2. The van der Waals surface area contributed by atoms with E-state index < -0.39 is 0 Å². The maximum absolute atomic E-state index is 11.8. The monoisotopic (exact) mass is 262 g/mol. The van der Waals surface area contributed by atoms with Gasteiger partial charge in [0.1, 0.15) is 5.76 Å². The first-order valence-corrected chi connectivity index (χ1v) is 5.84. The van der Waals surface area contributed by atoms with Crippen molar-refractivity contribution in [1.29, 1.82) is 0 Å². The SMILES string of the molecule is CCc1cnc(CNC(=O)c2ccc(O)c(O)c2)o1. The van der Waals surface area contributed by atoms with Gasteiger partial charge in [-0.05, 0) is 18.2 Å². The fraction of sp³-hybridized carbons (Fsp3) is 0.231. The minimum atomic E-state index is -0.383. The highest BCUT2D eigenvalue weighted by atomic mass is 16.4. The van der Waals surface area contributed by atoms with Gasteiger partial charge in [0, 0.05) is 12.0 Å². The second kappa shape index (κ2) is 5.43. The molecule has 6 heteroatoms. The van der Waals surface area contributed by atoms with E-state index in [1.807, 2.05) is 6.92 Å². The van der Waals surface area contributed by atoms with Crippen LogP contribution in [-0.2, 0) is 13.0 Å². The Bertz CT molecular complexity index is 592. The Kier molecular flexibility index (Phi) is 3.70. The molecule has 0 aliphatic carbocycles. The lowest BCUT2D eigenvalue weighted by Gasteiger charge is -2.04. The topological polar surface area (TPSA) is 95.6 Å². The molecule has 0 saturated carbocycles. The van der Waals surface area contributed by atoms with E-state index in [-0.39, 0.29) is 29.5 Å². The van der Waals surface area contributed by atoms with Gasteiger partial charge in [-0.2, -0.15) is 0 Å². The van der Waals surface area contributed by atoms with Gasteiger partial charge in [0.25, 0.3) is 5.91 Å². The number of phenols is 2. The maximum atomic E-state index is 11.8. The molecule has 1 heterocycles. The van der Waals surface area contributed by atoms with Crippen LogP contribution in [0.25, 0.3) is 0 Å². The molecule has 0 radical (unpaired) electrons. The number of nitrogens with one attached hydrogen (secondary N) is 1. The first-order chi connectivity index (χ1) is 9.10. The average Bonchev–Trinajstić information content (AvgIpc) is 2.87. The summed E-state index contributed by atoms with van der Waals surface area (Å²) in [5, 5.41) is 21.1. The van der Waals surface area contributed by atoms with Crippen LogP contribution in [0.2, 0.25) is 0 Å². The number of carbonyl (C=O) groups excluding carboxylic acids is 1. The van der Waals surface area contributed by atoms with Gasteiger partial charge in [-0.1, -0.05) is 6.92 Å². The molecular weight excluding hydrogens is 248 g/mol. The Morgan fingerprint density at radius 1 is 1.37 bits per heavy atom. The van der Waals surface area contributed by atoms with Gasteiger partial charge in [-0.25, -0.2) is 4.98 Å². The number of benzene rings is 1. The van der Waals surface area contributed by atoms with Crippen LogP contribution < -0.4 is 5.32 Å². The third-order valence-corrected chi connectivity index (χ3v) is 2.59. The number of hydrogen-bond acceptors (Lipinski definition) is 5. The lowest BCUT2D eigenvalue weighted by atomic mass is 10.2. The molecule has 0 aliphatic rings. The van der Waals surface area contributed by atoms with Crippen molar-refractivity contribution in [3.8, 4) is 11.5 Å². The Morgan fingerprint density at radius 3 is 2.79 bits per heavy atom. The molecule has 2 aromatic rings. The summed E-state index contributed by atoms with van der Waals surface area (Å²) >= 11 is 0. The molecule has 2 rings (SSSR count). The Hall–Kier alpha value is -2.50. The zero-order valence-electron chi connectivity index (χ0n) is 10.4. The normalized spacial score (nSPS) is 10.4. The van der Waals surface area contributed by atoms with Gasteiger partial charge in [-0.3, -0.25) is 4.79 Å². The zero-order chi connectivity index (χ0) is 13.8. The molecule has 0 saturated heterocycles. The molecule has 3 N–H and O–H groups in total. The molecule has 6 nitrogen and oxygen atoms in total. The molecule has 19 heavy (non-hydrogen) atoms. The van der Waals surface area contributed by atoms with Gasteiger partial charge in [0.2, 0.25) is 5.89 Å². The molecule has 1 amide bonds. The first kappa shape index (κ1) is 12.9. The lowest BCUT2D eigenvalue weighted by Crippen LogP contribution is -2.22. The standard InChI is InChI=1S/C13H14N2O4/c1-2-9-6-14-12(19-9)7-15-13(18)8-3-4-10(16)11(17)5-8/h3-6,16-17H,2,7H2,1H3,(H,15,18). The van der Waals surface area contributed by atoms with Crippen LogP contribution in [0.5, 0.6) is 11.5 Å². The summed E-state index contributed by atoms with van der Waals surface area (Å²) in [6.45, 7) is 2.11. The molecule has 0 fully saturated rings. The van der Waals surface area contributed by atoms with Crippen LogP contribution >= 0.6 is 0 Å². The lowest BCUT2D eigenvalue weighted by molar-refractivity contribution is 0.0946. The highest BCUT2D eigenvalue weighted by Crippen LogP contribution is 2.24. The highest BCUT2D eigenvalue weighted by molar-refractivity contribution is 5.94. The molecule has 0 atom stereocenters. The smallest absolute Gasteiger partial charge is 0.251 e. The van der Waals surface area contributed by atoms with Crippen LogP contribution in [-0.4, -0.2) is 21.1 Å². The number of amides is 1. The van der Waals surface area contributed by atoms with E-state index in [4.69, 9.17) is 9.52 Å². The van der Waals surface area contributed by atoms with Crippen molar-refractivity contribution in [2.24, 2.45) is 0 Å². The number of nitrogens with zero attached hydrogens (tertiary/aromatic N) is 1. The molecular formula is C13H14N2O4. The van der Waals surface area contributed by atoms with Gasteiger partial charge in [0.05, 0.1) is 12.7 Å². The van der Waals surface area contributed by atoms with Crippen molar-refractivity contribution in [3.63, 3.8) is 0 Å². The van der Waals surface area contributed by atoms with Gasteiger partial charge in [0.15, 0.2) is 11.5 Å². The third-order valence-electron chi connectivity index (χ3n) is 2.59. The van der Waals surface area contributed by atoms with E-state index >= 15 is 0 Å². The Morgan fingerprint density at radius 2 is 2.16 bits per heavy atom. The number of aromatic hydroxyl groups is 2. The Labute approximate surface area is 109 Å². The van der Waals surface area contributed by atoms with Crippen molar-refractivity contribution in [2.45, 2.75) is 19.9 Å². The summed E-state index contributed by atoms with van der Waals surface area (Å²) in [7, 11) is 0. The summed E-state index contributed by atoms with van der Waals surface area (Å²) in [6, 6.07) is 3.86. The van der Waals surface area contributed by atoms with E-state index in [1.165, 1.54) is 18.2 Å². The molecule has 1 aromatic heterocycles. The second-order valence-electron chi connectivity index (χ2n) is 3.96. The van der Waals surface area contributed by atoms with Crippen LogP contribution in [0.3, 0.4) is 0 Å². The van der Waals surface area contributed by atoms with E-state index in [2.05, 4.69) is 10.3 Å². The molecule has 0 aliphatic heterocycles. The largest absolute Gasteiger partial charge is 0.504 e. The minimum absolute atomic E-state index is 0.167. The predicted octanol–water partition coefficient (Wildman–Crippen LogP) is 1.58. The van der Waals surface area contributed by atoms with Gasteiger partial charge >= 0.3 is 0 Å². The molecule has 0 unspecified atom stereocenters. The molecule has 0 spiro atoms. The van der Waals surface area contributed by atoms with E-state index in [9.17, 15) is 9.90 Å². The summed E-state index contributed by atoms with van der Waals surface area (Å²) < 4.78 is 5.35. The average molecular weight is 262 g/mol. The van der Waals surface area contributed by atoms with Gasteiger partial charge in [-0.15, -0.1) is 0 Å². The van der Waals surface area contributed by atoms with E-state index in [0.717, 1.165) is 12.2 Å². The predicted molar refractivity (Wildman–Crippen MR) is 66.8 cm³/mol. The number of rotatable bonds is 4. The van der Waals surface area contributed by atoms with E-state index in [1.54, 1.807) is 6.20 Å².